The molecule has 2 N–H and O–H groups in total. The third kappa shape index (κ3) is 9.91. The summed E-state index contributed by atoms with van der Waals surface area (Å²) in [4.78, 5) is 16.2. The molecular weight excluding hydrogens is 436 g/mol. The van der Waals surface area contributed by atoms with Crippen LogP contribution in [-0.4, -0.2) is 35.3 Å². The molecule has 0 spiro atoms. The monoisotopic (exact) mass is 474 g/mol. The van der Waals surface area contributed by atoms with Crippen molar-refractivity contribution in [3.05, 3.63) is 78.1 Å². The fourth-order valence-corrected chi connectivity index (χ4v) is 3.94. The molecule has 186 valence electrons. The molecule has 1 amide bonds. The minimum Gasteiger partial charge on any atom is -0.491 e. The molecule has 0 saturated heterocycles. The number of carbonyl (C=O) groups excluding carboxylic acids is 1. The van der Waals surface area contributed by atoms with Gasteiger partial charge in [-0.25, -0.2) is 0 Å². The van der Waals surface area contributed by atoms with E-state index >= 15 is 0 Å². The van der Waals surface area contributed by atoms with E-state index in [1.54, 1.807) is 12.3 Å². The van der Waals surface area contributed by atoms with Crippen LogP contribution in [0.2, 0.25) is 0 Å². The number of nitrogens with zero attached hydrogens (tertiary/aromatic N) is 1. The predicted molar refractivity (Wildman–Crippen MR) is 143 cm³/mol. The predicted octanol–water partition coefficient (Wildman–Crippen LogP) is 6.10. The summed E-state index contributed by atoms with van der Waals surface area (Å²) < 4.78 is 5.81. The van der Waals surface area contributed by atoms with Gasteiger partial charge in [-0.2, -0.15) is 0 Å². The van der Waals surface area contributed by atoms with Crippen molar-refractivity contribution in [3.63, 3.8) is 0 Å². The average Bonchev–Trinajstić information content (AvgIpc) is 2.89. The zero-order chi connectivity index (χ0) is 24.7. The number of unbranched alkanes of at least 4 members (excludes halogenated alkanes) is 5. The number of aryl methyl sites for hydroxylation is 1. The molecule has 3 rings (SSSR count). The van der Waals surface area contributed by atoms with Gasteiger partial charge in [-0.15, -0.1) is 0 Å². The van der Waals surface area contributed by atoms with Crippen LogP contribution in [0.25, 0.3) is 16.8 Å². The highest BCUT2D eigenvalue weighted by Crippen LogP contribution is 2.23. The Kier molecular flexibility index (Phi) is 11.3. The van der Waals surface area contributed by atoms with Gasteiger partial charge < -0.3 is 15.2 Å². The van der Waals surface area contributed by atoms with Crippen molar-refractivity contribution >= 4 is 22.8 Å². The van der Waals surface area contributed by atoms with Crippen LogP contribution in [0.4, 0.5) is 0 Å². The zero-order valence-corrected chi connectivity index (χ0v) is 20.8. The SMILES string of the molecule is CCCCCCCCNC(=O)/C=C/c1ccc2cc(OCC(O)CCc3cccnc3)ccc2c1. The molecule has 1 atom stereocenters. The number of aliphatic hydroxyl groups is 1. The molecule has 1 aromatic heterocycles. The van der Waals surface area contributed by atoms with Crippen LogP contribution in [-0.2, 0) is 11.2 Å². The van der Waals surface area contributed by atoms with Crippen molar-refractivity contribution in [2.45, 2.75) is 64.4 Å². The summed E-state index contributed by atoms with van der Waals surface area (Å²) in [7, 11) is 0. The smallest absolute Gasteiger partial charge is 0.243 e. The van der Waals surface area contributed by atoms with Crippen LogP contribution in [0.3, 0.4) is 0 Å². The Hall–Kier alpha value is -3.18. The molecule has 0 aliphatic carbocycles. The second-order valence-electron chi connectivity index (χ2n) is 9.03. The largest absolute Gasteiger partial charge is 0.491 e. The lowest BCUT2D eigenvalue weighted by Crippen LogP contribution is -2.21. The Bertz CT molecular complexity index is 1070. The summed E-state index contributed by atoms with van der Waals surface area (Å²) in [6, 6.07) is 15.9. The summed E-state index contributed by atoms with van der Waals surface area (Å²) in [6.07, 6.45) is 15.2. The first kappa shape index (κ1) is 26.4. The zero-order valence-electron chi connectivity index (χ0n) is 20.8. The molecule has 2 aromatic carbocycles. The first-order valence-corrected chi connectivity index (χ1v) is 12.8. The lowest BCUT2D eigenvalue weighted by Gasteiger charge is -2.13. The average molecular weight is 475 g/mol. The van der Waals surface area contributed by atoms with Gasteiger partial charge in [0.1, 0.15) is 12.4 Å². The van der Waals surface area contributed by atoms with E-state index in [0.29, 0.717) is 6.42 Å². The number of benzene rings is 2. The van der Waals surface area contributed by atoms with E-state index in [4.69, 9.17) is 4.74 Å². The summed E-state index contributed by atoms with van der Waals surface area (Å²) in [5, 5.41) is 15.3. The number of rotatable bonds is 15. The van der Waals surface area contributed by atoms with Gasteiger partial charge >= 0.3 is 0 Å². The first-order chi connectivity index (χ1) is 17.1. The Labute approximate surface area is 209 Å². The van der Waals surface area contributed by atoms with Gasteiger partial charge in [0.2, 0.25) is 5.91 Å². The minimum absolute atomic E-state index is 0.0514. The number of nitrogens with one attached hydrogen (secondary N) is 1. The first-order valence-electron chi connectivity index (χ1n) is 12.8. The van der Waals surface area contributed by atoms with Gasteiger partial charge in [0.15, 0.2) is 0 Å². The Morgan fingerprint density at radius 1 is 1.06 bits per heavy atom. The molecule has 35 heavy (non-hydrogen) atoms. The third-order valence-electron chi connectivity index (χ3n) is 6.02. The third-order valence-corrected chi connectivity index (χ3v) is 6.02. The van der Waals surface area contributed by atoms with Crippen LogP contribution in [0.15, 0.2) is 67.0 Å². The summed E-state index contributed by atoms with van der Waals surface area (Å²) in [5.41, 5.74) is 2.09. The molecule has 0 saturated carbocycles. The van der Waals surface area contributed by atoms with Crippen molar-refractivity contribution < 1.29 is 14.6 Å². The van der Waals surface area contributed by atoms with Crippen LogP contribution in [0.1, 0.15) is 63.0 Å². The number of hydrogen-bond acceptors (Lipinski definition) is 4. The van der Waals surface area contributed by atoms with Crippen molar-refractivity contribution in [3.8, 4) is 5.75 Å². The minimum atomic E-state index is -0.536. The second-order valence-corrected chi connectivity index (χ2v) is 9.03. The van der Waals surface area contributed by atoms with Gasteiger partial charge in [0.25, 0.3) is 0 Å². The normalized spacial score (nSPS) is 12.2. The van der Waals surface area contributed by atoms with Crippen LogP contribution in [0, 0.1) is 0 Å². The van der Waals surface area contributed by atoms with Gasteiger partial charge in [-0.05, 0) is 71.5 Å². The lowest BCUT2D eigenvalue weighted by molar-refractivity contribution is -0.116. The van der Waals surface area contributed by atoms with Gasteiger partial charge in [0, 0.05) is 25.0 Å². The quantitative estimate of drug-likeness (QED) is 0.206. The van der Waals surface area contributed by atoms with E-state index in [0.717, 1.165) is 47.0 Å². The Balaban J connectivity index is 1.42. The van der Waals surface area contributed by atoms with Crippen molar-refractivity contribution in [1.82, 2.24) is 10.3 Å². The number of aromatic nitrogens is 1. The highest BCUT2D eigenvalue weighted by Gasteiger charge is 2.07. The molecule has 3 aromatic rings. The maximum Gasteiger partial charge on any atom is 0.243 e. The van der Waals surface area contributed by atoms with E-state index in [-0.39, 0.29) is 12.5 Å². The summed E-state index contributed by atoms with van der Waals surface area (Å²) >= 11 is 0. The van der Waals surface area contributed by atoms with E-state index in [1.807, 2.05) is 54.7 Å². The Morgan fingerprint density at radius 3 is 2.69 bits per heavy atom. The molecule has 1 heterocycles. The van der Waals surface area contributed by atoms with E-state index < -0.39 is 6.10 Å². The van der Waals surface area contributed by atoms with Gasteiger partial charge in [-0.3, -0.25) is 9.78 Å². The van der Waals surface area contributed by atoms with Crippen molar-refractivity contribution in [1.29, 1.82) is 0 Å². The van der Waals surface area contributed by atoms with Crippen molar-refractivity contribution in [2.75, 3.05) is 13.2 Å². The maximum absolute atomic E-state index is 12.1. The van der Waals surface area contributed by atoms with Gasteiger partial charge in [0.05, 0.1) is 6.10 Å². The topological polar surface area (TPSA) is 71.5 Å². The molecular formula is C30H38N2O3. The number of carbonyl (C=O) groups is 1. The second kappa shape index (κ2) is 14.9. The molecule has 1 unspecified atom stereocenters. The molecule has 0 fully saturated rings. The van der Waals surface area contributed by atoms with E-state index in [9.17, 15) is 9.90 Å². The molecule has 0 radical (unpaired) electrons. The molecule has 0 aliphatic rings. The standard InChI is InChI=1S/C30H38N2O3/c1-2-3-4-5-6-7-19-32-30(34)17-12-24-10-13-27-21-29(16-14-26(27)20-24)35-23-28(33)15-11-25-9-8-18-31-22-25/h8-10,12-14,16-18,20-22,28,33H,2-7,11,15,19,23H2,1H3,(H,32,34)/b17-12+. The lowest BCUT2D eigenvalue weighted by atomic mass is 10.1. The number of aliphatic hydroxyl groups excluding tert-OH is 1. The molecule has 5 heteroatoms. The summed E-state index contributed by atoms with van der Waals surface area (Å²) in [5.74, 6) is 0.680. The number of fused-ring (bicyclic) bond motifs is 1. The fourth-order valence-electron chi connectivity index (χ4n) is 3.94. The number of hydrogen-bond donors (Lipinski definition) is 2. The number of ether oxygens (including phenoxy) is 1. The number of amides is 1. The van der Waals surface area contributed by atoms with Crippen LogP contribution < -0.4 is 10.1 Å². The van der Waals surface area contributed by atoms with Crippen LogP contribution >= 0.6 is 0 Å². The fraction of sp³-hybridized carbons (Fsp3) is 0.400. The molecule has 0 aliphatic heterocycles. The van der Waals surface area contributed by atoms with E-state index in [2.05, 4.69) is 23.3 Å². The van der Waals surface area contributed by atoms with Crippen LogP contribution in [0.5, 0.6) is 5.75 Å². The Morgan fingerprint density at radius 2 is 1.86 bits per heavy atom. The van der Waals surface area contributed by atoms with Gasteiger partial charge in [-0.1, -0.05) is 63.3 Å². The van der Waals surface area contributed by atoms with E-state index in [1.165, 1.54) is 32.1 Å². The highest BCUT2D eigenvalue weighted by atomic mass is 16.5. The molecule has 5 nitrogen and oxygen atoms in total. The summed E-state index contributed by atoms with van der Waals surface area (Å²) in [6.45, 7) is 3.20. The molecule has 0 bridgehead atoms. The highest BCUT2D eigenvalue weighted by molar-refractivity contribution is 5.93. The maximum atomic E-state index is 12.1. The number of pyridine rings is 1. The van der Waals surface area contributed by atoms with Crippen molar-refractivity contribution in [2.24, 2.45) is 0 Å².